The molecule has 0 saturated carbocycles. The van der Waals surface area contributed by atoms with Gasteiger partial charge in [0.15, 0.2) is 17.6 Å². The third-order valence-electron chi connectivity index (χ3n) is 2.86. The third kappa shape index (κ3) is 4.11. The summed E-state index contributed by atoms with van der Waals surface area (Å²) in [5.41, 5.74) is -0.462. The molecule has 2 rings (SSSR count). The molecular weight excluding hydrogens is 320 g/mol. The van der Waals surface area contributed by atoms with Crippen LogP contribution in [-0.2, 0) is 0 Å². The molecule has 1 atom stereocenters. The zero-order chi connectivity index (χ0) is 17.0. The van der Waals surface area contributed by atoms with E-state index in [1.807, 2.05) is 0 Å². The van der Waals surface area contributed by atoms with Gasteiger partial charge >= 0.3 is 12.2 Å². The van der Waals surface area contributed by atoms with Crippen LogP contribution in [0.4, 0.5) is 28.2 Å². The van der Waals surface area contributed by atoms with Crippen molar-refractivity contribution in [3.8, 4) is 5.75 Å². The number of carbonyl (C=O) groups excluding carboxylic acids is 1. The average molecular weight is 332 g/mol. The predicted molar refractivity (Wildman–Crippen MR) is 72.5 cm³/mol. The number of rotatable bonds is 4. The van der Waals surface area contributed by atoms with Gasteiger partial charge in [0.2, 0.25) is 0 Å². The molecule has 0 spiro atoms. The molecule has 0 aliphatic rings. The Morgan fingerprint density at radius 1 is 1.35 bits per heavy atom. The normalized spacial score (nSPS) is 12.6. The topological polar surface area (TPSA) is 79.0 Å². The second-order valence-electron chi connectivity index (χ2n) is 4.44. The molecular formula is C13H12F4N4O2. The highest BCUT2D eigenvalue weighted by Gasteiger charge is 2.42. The second-order valence-corrected chi connectivity index (χ2v) is 4.44. The fraction of sp³-hybridized carbons (Fsp3) is 0.231. The van der Waals surface area contributed by atoms with Crippen molar-refractivity contribution < 1.29 is 27.1 Å². The molecule has 0 fully saturated rings. The molecule has 1 aromatic heterocycles. The summed E-state index contributed by atoms with van der Waals surface area (Å²) in [5, 5.41) is 9.79. The van der Waals surface area contributed by atoms with E-state index < -0.39 is 29.6 Å². The number of urea groups is 1. The van der Waals surface area contributed by atoms with Crippen LogP contribution in [0.15, 0.2) is 30.5 Å². The highest BCUT2D eigenvalue weighted by Crippen LogP contribution is 2.34. The summed E-state index contributed by atoms with van der Waals surface area (Å²) in [6.45, 7) is 0. The fourth-order valence-corrected chi connectivity index (χ4v) is 1.83. The third-order valence-corrected chi connectivity index (χ3v) is 2.86. The first-order valence-electron chi connectivity index (χ1n) is 6.28. The number of nitrogens with zero attached hydrogens (tertiary/aromatic N) is 1. The molecule has 2 aromatic rings. The quantitative estimate of drug-likeness (QED) is 0.753. The summed E-state index contributed by atoms with van der Waals surface area (Å²) in [4.78, 5) is 11.7. The Kier molecular flexibility index (Phi) is 4.72. The summed E-state index contributed by atoms with van der Waals surface area (Å²) >= 11 is 0. The van der Waals surface area contributed by atoms with Crippen LogP contribution in [0.3, 0.4) is 0 Å². The number of carbonyl (C=O) groups is 1. The first kappa shape index (κ1) is 16.6. The number of halogens is 4. The molecule has 10 heteroatoms. The van der Waals surface area contributed by atoms with E-state index >= 15 is 0 Å². The SMILES string of the molecule is COc1ccc([C@@H](NC(=O)Nc2ccn[nH]2)C(F)(F)F)cc1F. The Morgan fingerprint density at radius 3 is 2.61 bits per heavy atom. The van der Waals surface area contributed by atoms with Crippen molar-refractivity contribution in [3.63, 3.8) is 0 Å². The van der Waals surface area contributed by atoms with Crippen LogP contribution in [0.25, 0.3) is 0 Å². The van der Waals surface area contributed by atoms with Crippen molar-refractivity contribution in [1.29, 1.82) is 0 Å². The van der Waals surface area contributed by atoms with Gasteiger partial charge in [-0.1, -0.05) is 6.07 Å². The van der Waals surface area contributed by atoms with Crippen LogP contribution >= 0.6 is 0 Å². The molecule has 124 valence electrons. The van der Waals surface area contributed by atoms with Crippen molar-refractivity contribution >= 4 is 11.8 Å². The van der Waals surface area contributed by atoms with Gasteiger partial charge in [0.25, 0.3) is 0 Å². The number of hydrogen-bond donors (Lipinski definition) is 3. The highest BCUT2D eigenvalue weighted by molar-refractivity contribution is 5.88. The van der Waals surface area contributed by atoms with Gasteiger partial charge in [-0.15, -0.1) is 0 Å². The Labute approximate surface area is 127 Å². The average Bonchev–Trinajstić information content (AvgIpc) is 2.96. The van der Waals surface area contributed by atoms with Gasteiger partial charge < -0.3 is 10.1 Å². The zero-order valence-corrected chi connectivity index (χ0v) is 11.7. The van der Waals surface area contributed by atoms with Crippen molar-refractivity contribution in [3.05, 3.63) is 41.8 Å². The molecule has 1 heterocycles. The number of amides is 2. The van der Waals surface area contributed by atoms with Gasteiger partial charge in [0.1, 0.15) is 5.82 Å². The smallest absolute Gasteiger partial charge is 0.412 e. The number of anilines is 1. The zero-order valence-electron chi connectivity index (χ0n) is 11.7. The van der Waals surface area contributed by atoms with E-state index in [-0.39, 0.29) is 11.6 Å². The number of aromatic amines is 1. The fourth-order valence-electron chi connectivity index (χ4n) is 1.83. The van der Waals surface area contributed by atoms with Crippen molar-refractivity contribution in [2.45, 2.75) is 12.2 Å². The molecule has 0 saturated heterocycles. The maximum Gasteiger partial charge on any atom is 0.412 e. The van der Waals surface area contributed by atoms with Crippen LogP contribution in [0, 0.1) is 5.82 Å². The molecule has 3 N–H and O–H groups in total. The minimum absolute atomic E-state index is 0.115. The lowest BCUT2D eigenvalue weighted by Crippen LogP contribution is -2.40. The lowest BCUT2D eigenvalue weighted by Gasteiger charge is -2.22. The van der Waals surface area contributed by atoms with Gasteiger partial charge in [-0.2, -0.15) is 18.3 Å². The van der Waals surface area contributed by atoms with E-state index in [0.29, 0.717) is 6.07 Å². The first-order chi connectivity index (χ1) is 10.8. The van der Waals surface area contributed by atoms with E-state index in [9.17, 15) is 22.4 Å². The van der Waals surface area contributed by atoms with E-state index in [4.69, 9.17) is 0 Å². The van der Waals surface area contributed by atoms with Crippen LogP contribution < -0.4 is 15.4 Å². The van der Waals surface area contributed by atoms with Crippen molar-refractivity contribution in [2.75, 3.05) is 12.4 Å². The number of benzene rings is 1. The largest absolute Gasteiger partial charge is 0.494 e. The minimum Gasteiger partial charge on any atom is -0.494 e. The summed E-state index contributed by atoms with van der Waals surface area (Å²) < 4.78 is 57.7. The Hall–Kier alpha value is -2.78. The maximum absolute atomic E-state index is 13.6. The number of methoxy groups -OCH3 is 1. The maximum atomic E-state index is 13.6. The lowest BCUT2D eigenvalue weighted by atomic mass is 10.1. The van der Waals surface area contributed by atoms with Crippen LogP contribution in [0.1, 0.15) is 11.6 Å². The summed E-state index contributed by atoms with van der Waals surface area (Å²) in [7, 11) is 1.19. The van der Waals surface area contributed by atoms with Crippen LogP contribution in [-0.4, -0.2) is 29.5 Å². The van der Waals surface area contributed by atoms with Crippen molar-refractivity contribution in [2.24, 2.45) is 0 Å². The highest BCUT2D eigenvalue weighted by atomic mass is 19.4. The Morgan fingerprint density at radius 2 is 2.09 bits per heavy atom. The lowest BCUT2D eigenvalue weighted by molar-refractivity contribution is -0.154. The van der Waals surface area contributed by atoms with E-state index in [0.717, 1.165) is 12.1 Å². The van der Waals surface area contributed by atoms with E-state index in [2.05, 4.69) is 20.3 Å². The number of nitrogens with one attached hydrogen (secondary N) is 3. The van der Waals surface area contributed by atoms with Gasteiger partial charge in [0.05, 0.1) is 13.3 Å². The number of aromatic nitrogens is 2. The number of hydrogen-bond acceptors (Lipinski definition) is 3. The van der Waals surface area contributed by atoms with Crippen LogP contribution in [0.2, 0.25) is 0 Å². The van der Waals surface area contributed by atoms with E-state index in [1.165, 1.54) is 19.4 Å². The predicted octanol–water partition coefficient (Wildman–Crippen LogP) is 2.98. The summed E-state index contributed by atoms with van der Waals surface area (Å²) in [6.07, 6.45) is -3.50. The molecule has 6 nitrogen and oxygen atoms in total. The van der Waals surface area contributed by atoms with Gasteiger partial charge in [-0.05, 0) is 17.7 Å². The standard InChI is InChI=1S/C13H12F4N4O2/c1-23-9-3-2-7(6-8(9)14)11(13(15,16)17)20-12(22)19-10-4-5-18-21-10/h2-6,11H,1H3,(H3,18,19,20,21,22)/t11-/m1/s1. The molecule has 0 aliphatic carbocycles. The molecule has 0 aliphatic heterocycles. The Balaban J connectivity index is 2.20. The van der Waals surface area contributed by atoms with Crippen LogP contribution in [0.5, 0.6) is 5.75 Å². The number of H-pyrrole nitrogens is 1. The van der Waals surface area contributed by atoms with Crippen molar-refractivity contribution in [1.82, 2.24) is 15.5 Å². The monoisotopic (exact) mass is 332 g/mol. The Bertz CT molecular complexity index is 673. The molecule has 0 radical (unpaired) electrons. The molecule has 1 aromatic carbocycles. The molecule has 0 bridgehead atoms. The van der Waals surface area contributed by atoms with Gasteiger partial charge in [0, 0.05) is 6.07 Å². The second kappa shape index (κ2) is 6.55. The number of ether oxygens (including phenoxy) is 1. The van der Waals surface area contributed by atoms with E-state index in [1.54, 1.807) is 5.32 Å². The number of alkyl halides is 3. The van der Waals surface area contributed by atoms with Gasteiger partial charge in [-0.25, -0.2) is 9.18 Å². The first-order valence-corrected chi connectivity index (χ1v) is 6.28. The molecule has 2 amide bonds. The summed E-state index contributed by atoms with van der Waals surface area (Å²) in [5.74, 6) is -1.05. The van der Waals surface area contributed by atoms with Gasteiger partial charge in [-0.3, -0.25) is 10.4 Å². The molecule has 0 unspecified atom stereocenters. The summed E-state index contributed by atoms with van der Waals surface area (Å²) in [6, 6.07) is 0.593. The minimum atomic E-state index is -4.81. The molecule has 23 heavy (non-hydrogen) atoms.